The minimum absolute atomic E-state index is 0.282. The summed E-state index contributed by atoms with van der Waals surface area (Å²) < 4.78 is 0. The van der Waals surface area contributed by atoms with E-state index in [4.69, 9.17) is 10.1 Å². The molecule has 1 fully saturated rings. The zero-order valence-electron chi connectivity index (χ0n) is 12.3. The lowest BCUT2D eigenvalue weighted by Crippen LogP contribution is -2.30. The first-order chi connectivity index (χ1) is 9.11. The molecule has 0 radical (unpaired) electrons. The van der Waals surface area contributed by atoms with Crippen molar-refractivity contribution < 1.29 is 5.11 Å². The number of aliphatic hydroxyl groups is 1. The Hall–Kier alpha value is -1.16. The number of hydrogen-bond acceptors (Lipinski definition) is 4. The van der Waals surface area contributed by atoms with Crippen molar-refractivity contribution in [3.8, 4) is 0 Å². The minimum atomic E-state index is 0.282. The molecule has 4 nitrogen and oxygen atoms in total. The summed E-state index contributed by atoms with van der Waals surface area (Å²) in [5.41, 5.74) is 1.04. The Labute approximate surface area is 115 Å². The molecule has 2 rings (SSSR count). The van der Waals surface area contributed by atoms with Gasteiger partial charge in [0.05, 0.1) is 0 Å². The molecule has 0 bridgehead atoms. The highest BCUT2D eigenvalue weighted by molar-refractivity contribution is 5.42. The summed E-state index contributed by atoms with van der Waals surface area (Å²) in [7, 11) is 0. The third kappa shape index (κ3) is 3.44. The average molecular weight is 263 g/mol. The van der Waals surface area contributed by atoms with E-state index in [-0.39, 0.29) is 6.61 Å². The van der Waals surface area contributed by atoms with Crippen LogP contribution in [0.1, 0.15) is 57.0 Å². The van der Waals surface area contributed by atoms with Gasteiger partial charge in [0, 0.05) is 36.9 Å². The molecule has 1 aliphatic rings. The van der Waals surface area contributed by atoms with Crippen LogP contribution in [0, 0.1) is 6.92 Å². The molecule has 1 unspecified atom stereocenters. The van der Waals surface area contributed by atoms with Crippen LogP contribution in [-0.2, 0) is 0 Å². The van der Waals surface area contributed by atoms with E-state index < -0.39 is 0 Å². The lowest BCUT2D eigenvalue weighted by Gasteiger charge is -2.26. The summed E-state index contributed by atoms with van der Waals surface area (Å²) in [6, 6.07) is 2.62. The molecule has 0 amide bonds. The molecular formula is C15H25N3O. The van der Waals surface area contributed by atoms with Crippen LogP contribution < -0.4 is 4.90 Å². The molecule has 1 saturated heterocycles. The van der Waals surface area contributed by atoms with Crippen molar-refractivity contribution in [2.45, 2.75) is 58.4 Å². The third-order valence-electron chi connectivity index (χ3n) is 3.74. The Kier molecular flexibility index (Phi) is 4.75. The average Bonchev–Trinajstić information content (AvgIpc) is 2.83. The molecule has 0 aromatic carbocycles. The molecule has 0 aliphatic carbocycles. The van der Waals surface area contributed by atoms with E-state index in [1.807, 2.05) is 6.92 Å². The Morgan fingerprint density at radius 2 is 2.21 bits per heavy atom. The molecule has 0 saturated carbocycles. The number of aryl methyl sites for hydroxylation is 1. The smallest absolute Gasteiger partial charge is 0.133 e. The van der Waals surface area contributed by atoms with Gasteiger partial charge in [-0.3, -0.25) is 0 Å². The SMILES string of the molecule is Cc1cc(N2CCCC2CCCO)nc(C(C)C)n1. The van der Waals surface area contributed by atoms with Gasteiger partial charge in [0.25, 0.3) is 0 Å². The number of aliphatic hydroxyl groups excluding tert-OH is 1. The first kappa shape index (κ1) is 14.3. The van der Waals surface area contributed by atoms with Gasteiger partial charge in [-0.05, 0) is 32.6 Å². The second-order valence-corrected chi connectivity index (χ2v) is 5.74. The molecule has 1 aromatic heterocycles. The molecule has 106 valence electrons. The van der Waals surface area contributed by atoms with E-state index in [0.717, 1.165) is 36.7 Å². The summed E-state index contributed by atoms with van der Waals surface area (Å²) >= 11 is 0. The van der Waals surface area contributed by atoms with Crippen LogP contribution >= 0.6 is 0 Å². The van der Waals surface area contributed by atoms with E-state index in [1.165, 1.54) is 12.8 Å². The zero-order valence-corrected chi connectivity index (χ0v) is 12.3. The molecular weight excluding hydrogens is 238 g/mol. The first-order valence-corrected chi connectivity index (χ1v) is 7.35. The molecule has 1 N–H and O–H groups in total. The predicted molar refractivity (Wildman–Crippen MR) is 77.5 cm³/mol. The lowest BCUT2D eigenvalue weighted by molar-refractivity contribution is 0.279. The van der Waals surface area contributed by atoms with Crippen LogP contribution in [0.2, 0.25) is 0 Å². The van der Waals surface area contributed by atoms with Crippen LogP contribution in [0.25, 0.3) is 0 Å². The number of nitrogens with zero attached hydrogens (tertiary/aromatic N) is 3. The zero-order chi connectivity index (χ0) is 13.8. The van der Waals surface area contributed by atoms with Gasteiger partial charge >= 0.3 is 0 Å². The largest absolute Gasteiger partial charge is 0.396 e. The first-order valence-electron chi connectivity index (χ1n) is 7.35. The maximum atomic E-state index is 9.00. The van der Waals surface area contributed by atoms with E-state index in [1.54, 1.807) is 0 Å². The highest BCUT2D eigenvalue weighted by Gasteiger charge is 2.25. The second-order valence-electron chi connectivity index (χ2n) is 5.74. The molecule has 1 atom stereocenters. The molecule has 2 heterocycles. The molecule has 19 heavy (non-hydrogen) atoms. The monoisotopic (exact) mass is 263 g/mol. The Morgan fingerprint density at radius 1 is 1.42 bits per heavy atom. The normalized spacial score (nSPS) is 19.4. The standard InChI is InChI=1S/C15H25N3O/c1-11(2)15-16-12(3)10-14(17-15)18-8-4-6-13(18)7-5-9-19/h10-11,13,19H,4-9H2,1-3H3. The van der Waals surface area contributed by atoms with Crippen molar-refractivity contribution in [1.29, 1.82) is 0 Å². The fourth-order valence-corrected chi connectivity index (χ4v) is 2.74. The molecule has 1 aromatic rings. The van der Waals surface area contributed by atoms with E-state index in [0.29, 0.717) is 12.0 Å². The highest BCUT2D eigenvalue weighted by atomic mass is 16.2. The number of aromatic nitrogens is 2. The quantitative estimate of drug-likeness (QED) is 0.887. The number of rotatable bonds is 5. The maximum Gasteiger partial charge on any atom is 0.133 e. The number of hydrogen-bond donors (Lipinski definition) is 1. The topological polar surface area (TPSA) is 49.2 Å². The van der Waals surface area contributed by atoms with Crippen molar-refractivity contribution in [2.24, 2.45) is 0 Å². The van der Waals surface area contributed by atoms with Crippen molar-refractivity contribution in [3.63, 3.8) is 0 Å². The van der Waals surface area contributed by atoms with Gasteiger partial charge in [0.1, 0.15) is 11.6 Å². The van der Waals surface area contributed by atoms with Gasteiger partial charge in [-0.25, -0.2) is 9.97 Å². The highest BCUT2D eigenvalue weighted by Crippen LogP contribution is 2.27. The molecule has 4 heteroatoms. The van der Waals surface area contributed by atoms with Crippen molar-refractivity contribution in [2.75, 3.05) is 18.1 Å². The van der Waals surface area contributed by atoms with E-state index in [9.17, 15) is 0 Å². The van der Waals surface area contributed by atoms with Crippen LogP contribution in [0.15, 0.2) is 6.07 Å². The van der Waals surface area contributed by atoms with Crippen molar-refractivity contribution in [3.05, 3.63) is 17.6 Å². The predicted octanol–water partition coefficient (Wildman–Crippen LogP) is 2.65. The Morgan fingerprint density at radius 3 is 2.89 bits per heavy atom. The van der Waals surface area contributed by atoms with Gasteiger partial charge in [-0.1, -0.05) is 13.8 Å². The second kappa shape index (κ2) is 6.33. The van der Waals surface area contributed by atoms with Gasteiger partial charge in [-0.15, -0.1) is 0 Å². The molecule has 1 aliphatic heterocycles. The van der Waals surface area contributed by atoms with Crippen molar-refractivity contribution >= 4 is 5.82 Å². The summed E-state index contributed by atoms with van der Waals surface area (Å²) in [6.45, 7) is 7.65. The van der Waals surface area contributed by atoms with Crippen LogP contribution in [0.5, 0.6) is 0 Å². The summed E-state index contributed by atoms with van der Waals surface area (Å²) in [6.07, 6.45) is 4.36. The van der Waals surface area contributed by atoms with Crippen LogP contribution in [0.4, 0.5) is 5.82 Å². The van der Waals surface area contributed by atoms with Gasteiger partial charge in [0.2, 0.25) is 0 Å². The maximum absolute atomic E-state index is 9.00. The summed E-state index contributed by atoms with van der Waals surface area (Å²) in [5, 5.41) is 9.00. The lowest BCUT2D eigenvalue weighted by atomic mass is 10.1. The van der Waals surface area contributed by atoms with Gasteiger partial charge in [-0.2, -0.15) is 0 Å². The molecule has 0 spiro atoms. The number of anilines is 1. The third-order valence-corrected chi connectivity index (χ3v) is 3.74. The minimum Gasteiger partial charge on any atom is -0.396 e. The van der Waals surface area contributed by atoms with Crippen molar-refractivity contribution in [1.82, 2.24) is 9.97 Å². The Balaban J connectivity index is 2.20. The van der Waals surface area contributed by atoms with Gasteiger partial charge < -0.3 is 10.0 Å². The van der Waals surface area contributed by atoms with E-state index >= 15 is 0 Å². The fraction of sp³-hybridized carbons (Fsp3) is 0.733. The summed E-state index contributed by atoms with van der Waals surface area (Å²) in [4.78, 5) is 11.6. The fourth-order valence-electron chi connectivity index (χ4n) is 2.74. The Bertz CT molecular complexity index is 420. The summed E-state index contributed by atoms with van der Waals surface area (Å²) in [5.74, 6) is 2.36. The van der Waals surface area contributed by atoms with Gasteiger partial charge in [0.15, 0.2) is 0 Å². The van der Waals surface area contributed by atoms with Crippen LogP contribution in [0.3, 0.4) is 0 Å². The van der Waals surface area contributed by atoms with Crippen LogP contribution in [-0.4, -0.2) is 34.3 Å². The van der Waals surface area contributed by atoms with E-state index in [2.05, 4.69) is 29.8 Å².